The van der Waals surface area contributed by atoms with Gasteiger partial charge >= 0.3 is 17.9 Å². The SMILES string of the molecule is CCCCCCCC(=O)OC[C@H](COC(=O)CCCCCCCCCCCCCCCCC(C)C)OC(=O)CCCCCCCCCCCCCCCC(C)C. The summed E-state index contributed by atoms with van der Waals surface area (Å²) in [6.07, 6.45) is 42.6. The van der Waals surface area contributed by atoms with E-state index >= 15 is 0 Å². The lowest BCUT2D eigenvalue weighted by molar-refractivity contribution is -0.167. The van der Waals surface area contributed by atoms with Crippen molar-refractivity contribution in [2.24, 2.45) is 11.8 Å². The molecule has 1 atom stereocenters. The van der Waals surface area contributed by atoms with Crippen molar-refractivity contribution in [2.45, 2.75) is 278 Å². The van der Waals surface area contributed by atoms with Crippen molar-refractivity contribution in [3.05, 3.63) is 0 Å². The summed E-state index contributed by atoms with van der Waals surface area (Å²) in [5, 5.41) is 0. The second kappa shape index (κ2) is 43.0. The van der Waals surface area contributed by atoms with Crippen molar-refractivity contribution >= 4 is 17.9 Å². The summed E-state index contributed by atoms with van der Waals surface area (Å²) in [5.74, 6) is 0.818. The first-order valence-electron chi connectivity index (χ1n) is 24.7. The summed E-state index contributed by atoms with van der Waals surface area (Å²) in [6.45, 7) is 11.3. The molecule has 0 spiro atoms. The van der Waals surface area contributed by atoms with Crippen molar-refractivity contribution in [3.8, 4) is 0 Å². The first-order chi connectivity index (χ1) is 27.2. The summed E-state index contributed by atoms with van der Waals surface area (Å²) in [7, 11) is 0. The highest BCUT2D eigenvalue weighted by molar-refractivity contribution is 5.71. The van der Waals surface area contributed by atoms with Gasteiger partial charge in [-0.2, -0.15) is 0 Å². The molecule has 0 radical (unpaired) electrons. The van der Waals surface area contributed by atoms with Gasteiger partial charge in [-0.15, -0.1) is 0 Å². The molecular formula is C50H96O6. The third-order valence-corrected chi connectivity index (χ3v) is 11.2. The Morgan fingerprint density at radius 1 is 0.339 bits per heavy atom. The van der Waals surface area contributed by atoms with Crippen LogP contribution in [0.5, 0.6) is 0 Å². The summed E-state index contributed by atoms with van der Waals surface area (Å²) in [6, 6.07) is 0. The molecule has 0 N–H and O–H groups in total. The van der Waals surface area contributed by atoms with Crippen molar-refractivity contribution < 1.29 is 28.6 Å². The molecule has 0 aliphatic rings. The van der Waals surface area contributed by atoms with Crippen LogP contribution < -0.4 is 0 Å². The third kappa shape index (κ3) is 43.5. The van der Waals surface area contributed by atoms with E-state index in [1.807, 2.05) is 0 Å². The molecule has 0 fully saturated rings. The van der Waals surface area contributed by atoms with Crippen LogP contribution in [-0.4, -0.2) is 37.2 Å². The van der Waals surface area contributed by atoms with Crippen LogP contribution in [0.1, 0.15) is 272 Å². The molecule has 0 rings (SSSR count). The van der Waals surface area contributed by atoms with E-state index in [-0.39, 0.29) is 31.1 Å². The van der Waals surface area contributed by atoms with Crippen molar-refractivity contribution in [2.75, 3.05) is 13.2 Å². The summed E-state index contributed by atoms with van der Waals surface area (Å²) >= 11 is 0. The van der Waals surface area contributed by atoms with Gasteiger partial charge in [0.25, 0.3) is 0 Å². The Kier molecular flexibility index (Phi) is 41.8. The molecule has 0 heterocycles. The van der Waals surface area contributed by atoms with Gasteiger partial charge in [0.1, 0.15) is 13.2 Å². The number of ether oxygens (including phenoxy) is 3. The first-order valence-corrected chi connectivity index (χ1v) is 24.7. The van der Waals surface area contributed by atoms with Gasteiger partial charge in [0.05, 0.1) is 0 Å². The zero-order valence-corrected chi connectivity index (χ0v) is 38.3. The molecule has 0 aromatic carbocycles. The van der Waals surface area contributed by atoms with E-state index in [4.69, 9.17) is 14.2 Å². The molecule has 0 bridgehead atoms. The van der Waals surface area contributed by atoms with Crippen LogP contribution in [0.3, 0.4) is 0 Å². The number of carbonyl (C=O) groups excluding carboxylic acids is 3. The van der Waals surface area contributed by atoms with Crippen LogP contribution in [0.2, 0.25) is 0 Å². The van der Waals surface area contributed by atoms with E-state index in [0.29, 0.717) is 19.3 Å². The minimum Gasteiger partial charge on any atom is -0.462 e. The van der Waals surface area contributed by atoms with E-state index in [1.54, 1.807) is 0 Å². The lowest BCUT2D eigenvalue weighted by Gasteiger charge is -2.18. The normalized spacial score (nSPS) is 12.1. The number of carbonyl (C=O) groups is 3. The van der Waals surface area contributed by atoms with Gasteiger partial charge in [-0.05, 0) is 31.1 Å². The maximum atomic E-state index is 12.7. The van der Waals surface area contributed by atoms with Crippen LogP contribution in [-0.2, 0) is 28.6 Å². The van der Waals surface area contributed by atoms with Crippen LogP contribution in [0.25, 0.3) is 0 Å². The van der Waals surface area contributed by atoms with Crippen molar-refractivity contribution in [1.82, 2.24) is 0 Å². The average molecular weight is 793 g/mol. The second-order valence-electron chi connectivity index (χ2n) is 18.1. The summed E-state index contributed by atoms with van der Waals surface area (Å²) in [5.41, 5.74) is 0. The van der Waals surface area contributed by atoms with Gasteiger partial charge in [-0.25, -0.2) is 0 Å². The molecule has 0 aromatic rings. The monoisotopic (exact) mass is 793 g/mol. The van der Waals surface area contributed by atoms with Crippen LogP contribution in [0.4, 0.5) is 0 Å². The van der Waals surface area contributed by atoms with Gasteiger partial charge < -0.3 is 14.2 Å². The van der Waals surface area contributed by atoms with Gasteiger partial charge in [-0.3, -0.25) is 14.4 Å². The molecule has 56 heavy (non-hydrogen) atoms. The number of hydrogen-bond acceptors (Lipinski definition) is 6. The zero-order valence-electron chi connectivity index (χ0n) is 38.3. The number of rotatable bonds is 44. The maximum absolute atomic E-state index is 12.7. The first kappa shape index (κ1) is 54.4. The topological polar surface area (TPSA) is 78.9 Å². The summed E-state index contributed by atoms with van der Waals surface area (Å²) < 4.78 is 16.7. The van der Waals surface area contributed by atoms with Gasteiger partial charge in [0.2, 0.25) is 0 Å². The highest BCUT2D eigenvalue weighted by atomic mass is 16.6. The standard InChI is InChI=1S/C50H96O6/c1-6-7-8-28-35-40-48(51)54-43-47(56-50(53)42-37-32-27-23-19-15-11-13-17-21-25-30-34-39-46(4)5)44-55-49(52)41-36-31-26-22-18-14-10-9-12-16-20-24-29-33-38-45(2)3/h45-47H,6-44H2,1-5H3/t47-/m1/s1. The van der Waals surface area contributed by atoms with E-state index in [2.05, 4.69) is 34.6 Å². The Balaban J connectivity index is 4.13. The summed E-state index contributed by atoms with van der Waals surface area (Å²) in [4.78, 5) is 37.6. The Hall–Kier alpha value is -1.59. The maximum Gasteiger partial charge on any atom is 0.306 e. The van der Waals surface area contributed by atoms with Gasteiger partial charge in [0.15, 0.2) is 6.10 Å². The quantitative estimate of drug-likeness (QED) is 0.0347. The van der Waals surface area contributed by atoms with E-state index in [1.165, 1.54) is 154 Å². The number of unbranched alkanes of at least 4 members (excludes halogenated alkanes) is 29. The lowest BCUT2D eigenvalue weighted by Crippen LogP contribution is -2.30. The van der Waals surface area contributed by atoms with Crippen molar-refractivity contribution in [1.29, 1.82) is 0 Å². The minimum atomic E-state index is -0.759. The van der Waals surface area contributed by atoms with Crippen LogP contribution in [0, 0.1) is 11.8 Å². The molecular weight excluding hydrogens is 697 g/mol. The minimum absolute atomic E-state index is 0.0649. The molecule has 0 aliphatic carbocycles. The highest BCUT2D eigenvalue weighted by Gasteiger charge is 2.19. The molecule has 0 saturated carbocycles. The number of hydrogen-bond donors (Lipinski definition) is 0. The predicted octanol–water partition coefficient (Wildman–Crippen LogP) is 15.8. The fourth-order valence-corrected chi connectivity index (χ4v) is 7.46. The second-order valence-corrected chi connectivity index (χ2v) is 18.1. The molecule has 0 saturated heterocycles. The Labute approximate surface area is 348 Å². The molecule has 0 unspecified atom stereocenters. The molecule has 0 aromatic heterocycles. The van der Waals surface area contributed by atoms with E-state index in [9.17, 15) is 14.4 Å². The Morgan fingerprint density at radius 3 is 0.875 bits per heavy atom. The average Bonchev–Trinajstić information content (AvgIpc) is 3.16. The number of esters is 3. The fourth-order valence-electron chi connectivity index (χ4n) is 7.46. The highest BCUT2D eigenvalue weighted by Crippen LogP contribution is 2.17. The zero-order chi connectivity index (χ0) is 41.2. The lowest BCUT2D eigenvalue weighted by atomic mass is 10.0. The molecule has 0 amide bonds. The molecule has 332 valence electrons. The fraction of sp³-hybridized carbons (Fsp3) is 0.940. The Bertz CT molecular complexity index is 854. The smallest absolute Gasteiger partial charge is 0.306 e. The Morgan fingerprint density at radius 2 is 0.589 bits per heavy atom. The van der Waals surface area contributed by atoms with Crippen molar-refractivity contribution in [3.63, 3.8) is 0 Å². The third-order valence-electron chi connectivity index (χ3n) is 11.2. The van der Waals surface area contributed by atoms with Crippen LogP contribution in [0.15, 0.2) is 0 Å². The van der Waals surface area contributed by atoms with Gasteiger partial charge in [0, 0.05) is 19.3 Å². The molecule has 6 nitrogen and oxygen atoms in total. The predicted molar refractivity (Wildman–Crippen MR) is 238 cm³/mol. The van der Waals surface area contributed by atoms with E-state index < -0.39 is 6.10 Å². The molecule has 0 aliphatic heterocycles. The van der Waals surface area contributed by atoms with E-state index in [0.717, 1.165) is 76.0 Å². The van der Waals surface area contributed by atoms with Crippen LogP contribution >= 0.6 is 0 Å². The molecule has 6 heteroatoms. The largest absolute Gasteiger partial charge is 0.462 e. The van der Waals surface area contributed by atoms with Gasteiger partial charge in [-0.1, -0.05) is 234 Å².